The van der Waals surface area contributed by atoms with Crippen LogP contribution >= 0.6 is 15.9 Å². The number of carbonyl (C=O) groups excluding carboxylic acids is 2. The van der Waals surface area contributed by atoms with Gasteiger partial charge in [0.2, 0.25) is 5.91 Å². The Bertz CT molecular complexity index is 785. The second-order valence-electron chi connectivity index (χ2n) is 5.50. The van der Waals surface area contributed by atoms with Gasteiger partial charge in [0.05, 0.1) is 11.7 Å². The van der Waals surface area contributed by atoms with Gasteiger partial charge in [-0.15, -0.1) is 0 Å². The van der Waals surface area contributed by atoms with Crippen LogP contribution in [-0.4, -0.2) is 30.0 Å². The Morgan fingerprint density at radius 3 is 2.38 bits per heavy atom. The molecule has 2 amide bonds. The number of hydrogen-bond donors (Lipinski definition) is 3. The first-order valence-corrected chi connectivity index (χ1v) is 8.59. The summed E-state index contributed by atoms with van der Waals surface area (Å²) in [4.78, 5) is 23.7. The van der Waals surface area contributed by atoms with Crippen molar-refractivity contribution < 1.29 is 23.5 Å². The van der Waals surface area contributed by atoms with Gasteiger partial charge in [0, 0.05) is 24.0 Å². The summed E-state index contributed by atoms with van der Waals surface area (Å²) in [6, 6.07) is 9.06. The van der Waals surface area contributed by atoms with Crippen molar-refractivity contribution in [2.45, 2.75) is 12.5 Å². The van der Waals surface area contributed by atoms with Gasteiger partial charge >= 0.3 is 0 Å². The van der Waals surface area contributed by atoms with Gasteiger partial charge in [0.15, 0.2) is 0 Å². The van der Waals surface area contributed by atoms with Crippen molar-refractivity contribution >= 4 is 27.7 Å². The van der Waals surface area contributed by atoms with E-state index >= 15 is 0 Å². The zero-order chi connectivity index (χ0) is 19.1. The molecule has 0 aliphatic carbocycles. The molecule has 2 aromatic rings. The number of aliphatic hydroxyl groups is 1. The lowest BCUT2D eigenvalue weighted by atomic mass is 10.1. The average Bonchev–Trinajstić information content (AvgIpc) is 2.62. The zero-order valence-corrected chi connectivity index (χ0v) is 15.2. The van der Waals surface area contributed by atoms with Crippen LogP contribution in [0.1, 0.15) is 28.4 Å². The molecule has 0 aliphatic rings. The van der Waals surface area contributed by atoms with Crippen LogP contribution in [0.4, 0.5) is 8.78 Å². The van der Waals surface area contributed by atoms with Crippen LogP contribution in [0.5, 0.6) is 0 Å². The third-order valence-corrected chi connectivity index (χ3v) is 4.25. The van der Waals surface area contributed by atoms with Crippen LogP contribution in [0.2, 0.25) is 0 Å². The van der Waals surface area contributed by atoms with E-state index in [2.05, 4.69) is 26.6 Å². The average molecular weight is 427 g/mol. The van der Waals surface area contributed by atoms with Gasteiger partial charge < -0.3 is 15.7 Å². The Morgan fingerprint density at radius 1 is 1.04 bits per heavy atom. The summed E-state index contributed by atoms with van der Waals surface area (Å²) < 4.78 is 26.5. The van der Waals surface area contributed by atoms with E-state index in [4.69, 9.17) is 0 Å². The van der Waals surface area contributed by atoms with Crippen LogP contribution in [0.15, 0.2) is 46.9 Å². The Balaban J connectivity index is 1.74. The molecular formula is C18H17BrF2N2O3. The number of amides is 2. The van der Waals surface area contributed by atoms with Gasteiger partial charge in [0.25, 0.3) is 5.91 Å². The standard InChI is InChI=1S/C18H17BrF2N2O3/c19-15-6-5-13(21)9-14(15)18(26)22-8-7-17(25)23-10-16(24)11-1-3-12(20)4-2-11/h1-6,9,16,24H,7-8,10H2,(H,22,26)(H,23,25). The van der Waals surface area contributed by atoms with E-state index in [1.165, 1.54) is 36.4 Å². The first kappa shape index (κ1) is 20.0. The number of aliphatic hydroxyl groups excluding tert-OH is 1. The Kier molecular flexibility index (Phi) is 7.23. The number of halogens is 3. The lowest BCUT2D eigenvalue weighted by Crippen LogP contribution is -2.33. The predicted octanol–water partition coefficient (Wildman–Crippen LogP) is 2.70. The van der Waals surface area contributed by atoms with Crippen molar-refractivity contribution in [3.63, 3.8) is 0 Å². The SMILES string of the molecule is O=C(CCNC(=O)c1cc(F)ccc1Br)NCC(O)c1ccc(F)cc1. The predicted molar refractivity (Wildman–Crippen MR) is 95.4 cm³/mol. The van der Waals surface area contributed by atoms with Crippen LogP contribution in [0.3, 0.4) is 0 Å². The molecule has 0 aliphatic heterocycles. The van der Waals surface area contributed by atoms with Gasteiger partial charge in [-0.1, -0.05) is 12.1 Å². The number of benzene rings is 2. The topological polar surface area (TPSA) is 78.4 Å². The highest BCUT2D eigenvalue weighted by Gasteiger charge is 2.13. The fourth-order valence-electron chi connectivity index (χ4n) is 2.16. The maximum absolute atomic E-state index is 13.2. The molecule has 1 unspecified atom stereocenters. The maximum Gasteiger partial charge on any atom is 0.252 e. The second-order valence-corrected chi connectivity index (χ2v) is 6.36. The summed E-state index contributed by atoms with van der Waals surface area (Å²) in [5, 5.41) is 15.0. The summed E-state index contributed by atoms with van der Waals surface area (Å²) in [5.74, 6) is -1.82. The van der Waals surface area contributed by atoms with E-state index in [9.17, 15) is 23.5 Å². The molecule has 8 heteroatoms. The zero-order valence-electron chi connectivity index (χ0n) is 13.6. The summed E-state index contributed by atoms with van der Waals surface area (Å²) >= 11 is 3.16. The highest BCUT2D eigenvalue weighted by molar-refractivity contribution is 9.10. The molecule has 138 valence electrons. The van der Waals surface area contributed by atoms with Crippen molar-refractivity contribution in [3.05, 3.63) is 69.7 Å². The van der Waals surface area contributed by atoms with Gasteiger partial charge in [-0.3, -0.25) is 9.59 Å². The van der Waals surface area contributed by atoms with E-state index < -0.39 is 23.6 Å². The lowest BCUT2D eigenvalue weighted by Gasteiger charge is -2.12. The summed E-state index contributed by atoms with van der Waals surface area (Å²) in [5.41, 5.74) is 0.619. The lowest BCUT2D eigenvalue weighted by molar-refractivity contribution is -0.121. The molecule has 0 aromatic heterocycles. The van der Waals surface area contributed by atoms with Crippen LogP contribution in [0, 0.1) is 11.6 Å². The number of carbonyl (C=O) groups is 2. The number of nitrogens with one attached hydrogen (secondary N) is 2. The highest BCUT2D eigenvalue weighted by atomic mass is 79.9. The van der Waals surface area contributed by atoms with Crippen LogP contribution < -0.4 is 10.6 Å². The van der Waals surface area contributed by atoms with Gasteiger partial charge in [-0.25, -0.2) is 8.78 Å². The minimum atomic E-state index is -0.961. The molecule has 26 heavy (non-hydrogen) atoms. The molecule has 0 heterocycles. The normalized spacial score (nSPS) is 11.7. The summed E-state index contributed by atoms with van der Waals surface area (Å²) in [6.07, 6.45) is -0.966. The second kappa shape index (κ2) is 9.40. The number of rotatable bonds is 7. The molecule has 2 rings (SSSR count). The van der Waals surface area contributed by atoms with Crippen molar-refractivity contribution in [3.8, 4) is 0 Å². The van der Waals surface area contributed by atoms with Crippen molar-refractivity contribution in [1.29, 1.82) is 0 Å². The Hall–Kier alpha value is -2.32. The van der Waals surface area contributed by atoms with Crippen LogP contribution in [0.25, 0.3) is 0 Å². The first-order valence-electron chi connectivity index (χ1n) is 7.80. The number of hydrogen-bond acceptors (Lipinski definition) is 3. The largest absolute Gasteiger partial charge is 0.387 e. The monoisotopic (exact) mass is 426 g/mol. The molecular weight excluding hydrogens is 410 g/mol. The Morgan fingerprint density at radius 2 is 1.69 bits per heavy atom. The van der Waals surface area contributed by atoms with E-state index in [0.29, 0.717) is 10.0 Å². The van der Waals surface area contributed by atoms with Crippen molar-refractivity contribution in [2.75, 3.05) is 13.1 Å². The minimum Gasteiger partial charge on any atom is -0.387 e. The summed E-state index contributed by atoms with van der Waals surface area (Å²) in [7, 11) is 0. The third-order valence-electron chi connectivity index (χ3n) is 3.56. The molecule has 1 atom stereocenters. The molecule has 0 saturated carbocycles. The summed E-state index contributed by atoms with van der Waals surface area (Å²) in [6.45, 7) is 0.0219. The van der Waals surface area contributed by atoms with E-state index in [0.717, 1.165) is 6.07 Å². The van der Waals surface area contributed by atoms with E-state index in [1.807, 2.05) is 0 Å². The molecule has 0 bridgehead atoms. The quantitative estimate of drug-likeness (QED) is 0.636. The molecule has 0 saturated heterocycles. The van der Waals surface area contributed by atoms with Crippen LogP contribution in [-0.2, 0) is 4.79 Å². The van der Waals surface area contributed by atoms with E-state index in [-0.39, 0.29) is 31.0 Å². The third kappa shape index (κ3) is 5.89. The fourth-order valence-corrected chi connectivity index (χ4v) is 2.58. The van der Waals surface area contributed by atoms with E-state index in [1.54, 1.807) is 0 Å². The molecule has 0 fully saturated rings. The molecule has 3 N–H and O–H groups in total. The smallest absolute Gasteiger partial charge is 0.252 e. The first-order chi connectivity index (χ1) is 12.4. The molecule has 0 radical (unpaired) electrons. The van der Waals surface area contributed by atoms with Gasteiger partial charge in [0.1, 0.15) is 11.6 Å². The van der Waals surface area contributed by atoms with Crippen molar-refractivity contribution in [2.24, 2.45) is 0 Å². The molecule has 5 nitrogen and oxygen atoms in total. The van der Waals surface area contributed by atoms with Gasteiger partial charge in [-0.2, -0.15) is 0 Å². The Labute approximate surface area is 157 Å². The minimum absolute atomic E-state index is 0.00515. The fraction of sp³-hybridized carbons (Fsp3) is 0.222. The highest BCUT2D eigenvalue weighted by Crippen LogP contribution is 2.17. The maximum atomic E-state index is 13.2. The van der Waals surface area contributed by atoms with Gasteiger partial charge in [-0.05, 0) is 51.8 Å². The molecule has 0 spiro atoms. The molecule has 2 aromatic carbocycles. The van der Waals surface area contributed by atoms with Crippen molar-refractivity contribution in [1.82, 2.24) is 10.6 Å².